The number of nitrogens with zero attached hydrogens (tertiary/aromatic N) is 1. The van der Waals surface area contributed by atoms with E-state index in [0.29, 0.717) is 0 Å². The van der Waals surface area contributed by atoms with Crippen molar-refractivity contribution >= 4 is 31.7 Å². The molecule has 0 aliphatic heterocycles. The summed E-state index contributed by atoms with van der Waals surface area (Å²) in [5, 5.41) is 0. The van der Waals surface area contributed by atoms with E-state index in [0.717, 1.165) is 29.9 Å². The van der Waals surface area contributed by atoms with E-state index in [4.69, 9.17) is 0 Å². The third-order valence-electron chi connectivity index (χ3n) is 2.53. The summed E-state index contributed by atoms with van der Waals surface area (Å²) >= 11 is 0. The molecule has 2 heteroatoms. The zero-order valence-electron chi connectivity index (χ0n) is 9.29. The van der Waals surface area contributed by atoms with E-state index in [1.165, 1.54) is 0 Å². The van der Waals surface area contributed by atoms with Gasteiger partial charge in [0.25, 0.3) is 0 Å². The molecule has 0 unspecified atom stereocenters. The highest BCUT2D eigenvalue weighted by atomic mass is 14.9. The molecule has 0 N–H and O–H groups in total. The molecule has 76 valence electrons. The molecule has 0 bridgehead atoms. The maximum absolute atomic E-state index is 3.83. The second-order valence-corrected chi connectivity index (χ2v) is 3.16. The van der Waals surface area contributed by atoms with Gasteiger partial charge < -0.3 is 4.48 Å². The van der Waals surface area contributed by atoms with Gasteiger partial charge in [-0.3, -0.25) is 0 Å². The topological polar surface area (TPSA) is 4.93 Å². The summed E-state index contributed by atoms with van der Waals surface area (Å²) in [6.45, 7) is 17.4. The maximum atomic E-state index is 3.83. The Morgan fingerprint density at radius 2 is 1.27 bits per heavy atom. The first-order valence-corrected chi connectivity index (χ1v) is 5.01. The molecule has 0 amide bonds. The molecule has 1 aromatic heterocycles. The Labute approximate surface area is 92.4 Å². The lowest BCUT2D eigenvalue weighted by Crippen LogP contribution is -2.05. The van der Waals surface area contributed by atoms with Crippen LogP contribution in [0.1, 0.15) is 22.5 Å². The molecule has 1 aromatic rings. The van der Waals surface area contributed by atoms with Crippen LogP contribution in [0.25, 0.3) is 24.3 Å². The Kier molecular flexibility index (Phi) is 3.56. The van der Waals surface area contributed by atoms with Crippen LogP contribution in [0.15, 0.2) is 26.3 Å². The van der Waals surface area contributed by atoms with Crippen molar-refractivity contribution in [2.45, 2.75) is 6.82 Å². The molecule has 0 radical (unpaired) electrons. The Bertz CT molecular complexity index is 387. The van der Waals surface area contributed by atoms with Gasteiger partial charge in [-0.1, -0.05) is 45.3 Å². The van der Waals surface area contributed by atoms with Crippen molar-refractivity contribution in [1.82, 2.24) is 4.48 Å². The van der Waals surface area contributed by atoms with Gasteiger partial charge in [0.15, 0.2) is 0 Å². The summed E-state index contributed by atoms with van der Waals surface area (Å²) in [6, 6.07) is 0. The predicted molar refractivity (Wildman–Crippen MR) is 73.2 cm³/mol. The Morgan fingerprint density at radius 3 is 1.47 bits per heavy atom. The Morgan fingerprint density at radius 1 is 0.867 bits per heavy atom. The van der Waals surface area contributed by atoms with Crippen LogP contribution in [0.4, 0.5) is 0 Å². The number of aromatic nitrogens is 1. The summed E-state index contributed by atoms with van der Waals surface area (Å²) in [4.78, 5) is 0. The molecule has 1 rings (SSSR count). The van der Waals surface area contributed by atoms with Crippen molar-refractivity contribution < 1.29 is 0 Å². The molecule has 1 heterocycles. The highest BCUT2D eigenvalue weighted by Crippen LogP contribution is 2.26. The molecular weight excluding hydrogens is 181 g/mol. The van der Waals surface area contributed by atoms with Gasteiger partial charge in [-0.05, 0) is 12.2 Å². The zero-order chi connectivity index (χ0) is 11.4. The van der Waals surface area contributed by atoms with E-state index in [1.807, 2.05) is 24.3 Å². The largest absolute Gasteiger partial charge is 0.389 e. The second kappa shape index (κ2) is 4.69. The van der Waals surface area contributed by atoms with Crippen LogP contribution in [0.5, 0.6) is 0 Å². The average Bonchev–Trinajstić information content (AvgIpc) is 2.59. The second-order valence-electron chi connectivity index (χ2n) is 3.16. The molecular formula is C13H16BN. The highest BCUT2D eigenvalue weighted by Gasteiger charge is 2.13. The van der Waals surface area contributed by atoms with E-state index in [-0.39, 0.29) is 0 Å². The SMILES string of the molecule is C=Cc1c(C=C)c(C=C)n(BC)c1C=C. The molecule has 15 heavy (non-hydrogen) atoms. The zero-order valence-corrected chi connectivity index (χ0v) is 9.29. The Hall–Kier alpha value is -1.70. The van der Waals surface area contributed by atoms with Crippen LogP contribution in [0, 0.1) is 0 Å². The van der Waals surface area contributed by atoms with Crippen molar-refractivity contribution in [3.8, 4) is 0 Å². The molecule has 1 nitrogen and oxygen atoms in total. The summed E-state index contributed by atoms with van der Waals surface area (Å²) in [7, 11) is 0.886. The van der Waals surface area contributed by atoms with Gasteiger partial charge in [0.1, 0.15) is 0 Å². The lowest BCUT2D eigenvalue weighted by Gasteiger charge is -2.05. The fourth-order valence-electron chi connectivity index (χ4n) is 1.91. The van der Waals surface area contributed by atoms with Crippen LogP contribution in [-0.4, -0.2) is 11.9 Å². The van der Waals surface area contributed by atoms with Crippen molar-refractivity contribution in [2.24, 2.45) is 0 Å². The molecule has 0 spiro atoms. The summed E-state index contributed by atoms with van der Waals surface area (Å²) in [5.74, 6) is 0. The summed E-state index contributed by atoms with van der Waals surface area (Å²) in [6.07, 6.45) is 7.38. The van der Waals surface area contributed by atoms with Gasteiger partial charge in [0.2, 0.25) is 7.41 Å². The van der Waals surface area contributed by atoms with E-state index in [1.54, 1.807) is 0 Å². The maximum Gasteiger partial charge on any atom is 0.239 e. The molecule has 0 saturated carbocycles. The van der Waals surface area contributed by atoms with Crippen molar-refractivity contribution in [3.05, 3.63) is 48.8 Å². The van der Waals surface area contributed by atoms with E-state index >= 15 is 0 Å². The first kappa shape index (κ1) is 11.4. The third kappa shape index (κ3) is 1.63. The quantitative estimate of drug-likeness (QED) is 0.638. The fraction of sp³-hybridized carbons (Fsp3) is 0.0769. The van der Waals surface area contributed by atoms with Gasteiger partial charge >= 0.3 is 0 Å². The Balaban J connectivity index is 3.70. The lowest BCUT2D eigenvalue weighted by atomic mass is 9.98. The number of hydrogen-bond acceptors (Lipinski definition) is 0. The van der Waals surface area contributed by atoms with Crippen LogP contribution < -0.4 is 0 Å². The average molecular weight is 197 g/mol. The number of rotatable bonds is 5. The first-order valence-electron chi connectivity index (χ1n) is 5.01. The predicted octanol–water partition coefficient (Wildman–Crippen LogP) is 3.31. The van der Waals surface area contributed by atoms with E-state index in [9.17, 15) is 0 Å². The van der Waals surface area contributed by atoms with Gasteiger partial charge in [0, 0.05) is 22.5 Å². The van der Waals surface area contributed by atoms with Crippen LogP contribution >= 0.6 is 0 Å². The van der Waals surface area contributed by atoms with Crippen LogP contribution in [0.2, 0.25) is 6.82 Å². The molecule has 0 aliphatic rings. The minimum Gasteiger partial charge on any atom is -0.389 e. The standard InChI is InChI=1S/C13H16BN/c1-6-10-11(7-2)13(9-4)15(14-5)12(10)8-3/h6-9,14H,1-4H2,5H3. The van der Waals surface area contributed by atoms with Crippen molar-refractivity contribution in [1.29, 1.82) is 0 Å². The van der Waals surface area contributed by atoms with Gasteiger partial charge in [0.05, 0.1) is 0 Å². The van der Waals surface area contributed by atoms with Crippen LogP contribution in [-0.2, 0) is 0 Å². The van der Waals surface area contributed by atoms with Gasteiger partial charge in [-0.25, -0.2) is 0 Å². The van der Waals surface area contributed by atoms with E-state index < -0.39 is 0 Å². The minimum absolute atomic E-state index is 0.886. The molecule has 0 saturated heterocycles. The van der Waals surface area contributed by atoms with Gasteiger partial charge in [-0.15, -0.1) is 0 Å². The molecule has 0 aromatic carbocycles. The minimum atomic E-state index is 0.886. The fourth-order valence-corrected chi connectivity index (χ4v) is 1.91. The molecule has 0 fully saturated rings. The smallest absolute Gasteiger partial charge is 0.239 e. The highest BCUT2D eigenvalue weighted by molar-refractivity contribution is 6.33. The molecule has 0 aliphatic carbocycles. The summed E-state index contributed by atoms with van der Waals surface area (Å²) < 4.78 is 2.16. The van der Waals surface area contributed by atoms with Gasteiger partial charge in [-0.2, -0.15) is 0 Å². The van der Waals surface area contributed by atoms with E-state index in [2.05, 4.69) is 37.6 Å². The monoisotopic (exact) mass is 197 g/mol. The third-order valence-corrected chi connectivity index (χ3v) is 2.53. The summed E-state index contributed by atoms with van der Waals surface area (Å²) in [5.41, 5.74) is 4.32. The lowest BCUT2D eigenvalue weighted by molar-refractivity contribution is 1.18. The first-order chi connectivity index (χ1) is 7.24. The molecule has 0 atom stereocenters. The van der Waals surface area contributed by atoms with Crippen LogP contribution in [0.3, 0.4) is 0 Å². The number of hydrogen-bond donors (Lipinski definition) is 0. The van der Waals surface area contributed by atoms with Crippen molar-refractivity contribution in [2.75, 3.05) is 0 Å². The van der Waals surface area contributed by atoms with Crippen molar-refractivity contribution in [3.63, 3.8) is 0 Å². The normalized spacial score (nSPS) is 9.40.